The Hall–Kier alpha value is -0.540. The molecular weight excluding hydrogens is 302 g/mol. The fraction of sp³-hybridized carbons (Fsp3) is 0.706. The lowest BCUT2D eigenvalue weighted by Gasteiger charge is -2.36. The molecule has 0 aromatic carbocycles. The van der Waals surface area contributed by atoms with Crippen molar-refractivity contribution in [3.63, 3.8) is 0 Å². The van der Waals surface area contributed by atoms with Crippen LogP contribution in [0.5, 0.6) is 0 Å². The van der Waals surface area contributed by atoms with Gasteiger partial charge in [-0.1, -0.05) is 6.42 Å². The van der Waals surface area contributed by atoms with E-state index in [2.05, 4.69) is 11.0 Å². The highest BCUT2D eigenvalue weighted by molar-refractivity contribution is 7.14. The molecule has 2 atom stereocenters. The number of nitrogens with zero attached hydrogens (tertiary/aromatic N) is 1. The lowest BCUT2D eigenvalue weighted by atomic mass is 10.0. The van der Waals surface area contributed by atoms with Crippen molar-refractivity contribution in [1.29, 1.82) is 0 Å². The number of carbonyl (C=O) groups is 1. The minimum Gasteiger partial charge on any atom is -0.332 e. The van der Waals surface area contributed by atoms with Crippen molar-refractivity contribution in [2.45, 2.75) is 75.2 Å². The Morgan fingerprint density at radius 1 is 1.14 bits per heavy atom. The number of alkyl halides is 1. The maximum Gasteiger partial charge on any atom is 0.264 e. The summed E-state index contributed by atoms with van der Waals surface area (Å²) in [7, 11) is 0. The van der Waals surface area contributed by atoms with Gasteiger partial charge in [-0.25, -0.2) is 0 Å². The van der Waals surface area contributed by atoms with Crippen LogP contribution in [0.2, 0.25) is 0 Å². The van der Waals surface area contributed by atoms with Gasteiger partial charge < -0.3 is 4.90 Å². The van der Waals surface area contributed by atoms with Gasteiger partial charge in [0.15, 0.2) is 0 Å². The van der Waals surface area contributed by atoms with Crippen molar-refractivity contribution >= 4 is 28.8 Å². The third-order valence-electron chi connectivity index (χ3n) is 5.37. The van der Waals surface area contributed by atoms with Gasteiger partial charge in [-0.2, -0.15) is 0 Å². The van der Waals surface area contributed by atoms with Crippen LogP contribution >= 0.6 is 22.9 Å². The van der Waals surface area contributed by atoms with Gasteiger partial charge in [-0.3, -0.25) is 4.79 Å². The first-order chi connectivity index (χ1) is 10.2. The summed E-state index contributed by atoms with van der Waals surface area (Å²) in [6.07, 6.45) is 10.5. The van der Waals surface area contributed by atoms with E-state index in [1.807, 2.05) is 0 Å². The van der Waals surface area contributed by atoms with Crippen LogP contribution in [0.3, 0.4) is 0 Å². The van der Waals surface area contributed by atoms with Crippen molar-refractivity contribution in [2.75, 3.05) is 0 Å². The van der Waals surface area contributed by atoms with E-state index in [1.165, 1.54) is 36.1 Å². The Kier molecular flexibility index (Phi) is 3.74. The summed E-state index contributed by atoms with van der Waals surface area (Å²) in [4.78, 5) is 17.6. The maximum atomic E-state index is 13.0. The van der Waals surface area contributed by atoms with Crippen LogP contribution in [0.4, 0.5) is 0 Å². The second-order valence-electron chi connectivity index (χ2n) is 6.79. The van der Waals surface area contributed by atoms with Crippen molar-refractivity contribution in [3.05, 3.63) is 21.4 Å². The molecule has 4 heteroatoms. The number of aryl methyl sites for hydroxylation is 2. The summed E-state index contributed by atoms with van der Waals surface area (Å²) in [5.74, 6) is 0.282. The molecule has 0 N–H and O–H groups in total. The van der Waals surface area contributed by atoms with Gasteiger partial charge in [0.25, 0.3) is 5.91 Å². The van der Waals surface area contributed by atoms with Crippen LogP contribution in [0.25, 0.3) is 0 Å². The van der Waals surface area contributed by atoms with Gasteiger partial charge in [0.1, 0.15) is 0 Å². The number of amides is 1. The molecule has 1 aromatic rings. The molecule has 1 aromatic heterocycles. The van der Waals surface area contributed by atoms with E-state index in [4.69, 9.17) is 11.6 Å². The van der Waals surface area contributed by atoms with Crippen LogP contribution < -0.4 is 0 Å². The zero-order valence-corrected chi connectivity index (χ0v) is 13.9. The van der Waals surface area contributed by atoms with E-state index in [0.29, 0.717) is 12.1 Å². The molecule has 3 heterocycles. The van der Waals surface area contributed by atoms with Gasteiger partial charge in [-0.15, -0.1) is 22.9 Å². The summed E-state index contributed by atoms with van der Waals surface area (Å²) in [5, 5.41) is 0.270. The Morgan fingerprint density at radius 3 is 2.62 bits per heavy atom. The number of piperidine rings is 1. The maximum absolute atomic E-state index is 13.0. The summed E-state index contributed by atoms with van der Waals surface area (Å²) in [6, 6.07) is 2.97. The van der Waals surface area contributed by atoms with Crippen LogP contribution in [0.15, 0.2) is 6.07 Å². The largest absolute Gasteiger partial charge is 0.332 e. The highest BCUT2D eigenvalue weighted by Crippen LogP contribution is 2.40. The third kappa shape index (κ3) is 2.53. The average molecular weight is 324 g/mol. The third-order valence-corrected chi connectivity index (χ3v) is 6.95. The van der Waals surface area contributed by atoms with E-state index in [9.17, 15) is 4.79 Å². The molecule has 0 saturated carbocycles. The second kappa shape index (κ2) is 5.58. The quantitative estimate of drug-likeness (QED) is 0.554. The standard InChI is InChI=1S/C17H22ClNOS/c18-12-9-13-6-7-14(10-12)19(13)17(20)16-8-11-4-2-1-3-5-15(11)21-16/h8,12-14H,1-7,9-10H2. The molecule has 114 valence electrons. The van der Waals surface area contributed by atoms with Gasteiger partial charge in [0.2, 0.25) is 0 Å². The number of thiophene rings is 1. The molecular formula is C17H22ClNOS. The first-order valence-corrected chi connectivity index (χ1v) is 9.56. The molecule has 0 spiro atoms. The Morgan fingerprint density at radius 2 is 1.86 bits per heavy atom. The van der Waals surface area contributed by atoms with Crippen LogP contribution in [0.1, 0.15) is 65.1 Å². The number of carbonyl (C=O) groups excluding carboxylic acids is 1. The number of rotatable bonds is 1. The fourth-order valence-electron chi connectivity index (χ4n) is 4.34. The fourth-order valence-corrected chi connectivity index (χ4v) is 5.95. The van der Waals surface area contributed by atoms with Gasteiger partial charge in [0.05, 0.1) is 4.88 Å². The zero-order valence-electron chi connectivity index (χ0n) is 12.3. The van der Waals surface area contributed by atoms with E-state index < -0.39 is 0 Å². The summed E-state index contributed by atoms with van der Waals surface area (Å²) in [6.45, 7) is 0. The molecule has 2 unspecified atom stereocenters. The highest BCUT2D eigenvalue weighted by Gasteiger charge is 2.43. The van der Waals surface area contributed by atoms with Crippen molar-refractivity contribution in [1.82, 2.24) is 4.90 Å². The second-order valence-corrected chi connectivity index (χ2v) is 8.54. The Labute approximate surface area is 135 Å². The molecule has 4 rings (SSSR count). The molecule has 2 nitrogen and oxygen atoms in total. The number of fused-ring (bicyclic) bond motifs is 3. The Balaban J connectivity index is 1.58. The van der Waals surface area contributed by atoms with Gasteiger partial charge >= 0.3 is 0 Å². The lowest BCUT2D eigenvalue weighted by molar-refractivity contribution is 0.0604. The topological polar surface area (TPSA) is 20.3 Å². The monoisotopic (exact) mass is 323 g/mol. The first kappa shape index (κ1) is 14.1. The van der Waals surface area contributed by atoms with Crippen molar-refractivity contribution in [3.8, 4) is 0 Å². The summed E-state index contributed by atoms with van der Waals surface area (Å²) in [5.41, 5.74) is 1.44. The molecule has 2 saturated heterocycles. The van der Waals surface area contributed by atoms with Gasteiger partial charge in [0, 0.05) is 22.3 Å². The normalized spacial score (nSPS) is 31.9. The summed E-state index contributed by atoms with van der Waals surface area (Å²) < 4.78 is 0. The Bertz CT molecular complexity index is 517. The van der Waals surface area contributed by atoms with E-state index in [-0.39, 0.29) is 11.3 Å². The van der Waals surface area contributed by atoms with Crippen LogP contribution in [0, 0.1) is 0 Å². The van der Waals surface area contributed by atoms with E-state index in [0.717, 1.165) is 37.0 Å². The SMILES string of the molecule is O=C(c1cc2c(s1)CCCCC2)N1C2CCC1CC(Cl)C2. The number of hydrogen-bond donors (Lipinski definition) is 0. The zero-order chi connectivity index (χ0) is 14.4. The average Bonchev–Trinajstić information content (AvgIpc) is 2.90. The van der Waals surface area contributed by atoms with E-state index >= 15 is 0 Å². The van der Waals surface area contributed by atoms with Gasteiger partial charge in [-0.05, 0) is 63.0 Å². The smallest absolute Gasteiger partial charge is 0.264 e. The predicted molar refractivity (Wildman–Crippen MR) is 87.4 cm³/mol. The number of hydrogen-bond acceptors (Lipinski definition) is 2. The summed E-state index contributed by atoms with van der Waals surface area (Å²) >= 11 is 8.09. The molecule has 2 bridgehead atoms. The predicted octanol–water partition coefficient (Wildman–Crippen LogP) is 4.39. The van der Waals surface area contributed by atoms with E-state index in [1.54, 1.807) is 11.3 Å². The highest BCUT2D eigenvalue weighted by atomic mass is 35.5. The van der Waals surface area contributed by atoms with Crippen molar-refractivity contribution < 1.29 is 4.79 Å². The van der Waals surface area contributed by atoms with Crippen LogP contribution in [-0.4, -0.2) is 28.3 Å². The molecule has 2 fully saturated rings. The molecule has 21 heavy (non-hydrogen) atoms. The molecule has 1 aliphatic carbocycles. The number of halogens is 1. The molecule has 1 amide bonds. The molecule has 0 radical (unpaired) electrons. The van der Waals surface area contributed by atoms with Crippen molar-refractivity contribution in [2.24, 2.45) is 0 Å². The minimum absolute atomic E-state index is 0.270. The molecule has 3 aliphatic rings. The van der Waals surface area contributed by atoms with Crippen LogP contribution in [-0.2, 0) is 12.8 Å². The first-order valence-electron chi connectivity index (χ1n) is 8.30. The minimum atomic E-state index is 0.270. The lowest BCUT2D eigenvalue weighted by Crippen LogP contribution is -2.46. The molecule has 2 aliphatic heterocycles.